The number of aromatic nitrogens is 1. The summed E-state index contributed by atoms with van der Waals surface area (Å²) >= 11 is 0. The fourth-order valence-electron chi connectivity index (χ4n) is 4.33. The van der Waals surface area contributed by atoms with Crippen LogP contribution in [0.15, 0.2) is 65.8 Å². The van der Waals surface area contributed by atoms with Gasteiger partial charge in [0.05, 0.1) is 6.04 Å². The summed E-state index contributed by atoms with van der Waals surface area (Å²) in [5.41, 5.74) is 23.1. The van der Waals surface area contributed by atoms with Gasteiger partial charge >= 0.3 is 0 Å². The molecule has 3 rings (SSSR count). The van der Waals surface area contributed by atoms with Crippen molar-refractivity contribution >= 4 is 34.6 Å². The van der Waals surface area contributed by atoms with Crippen LogP contribution in [0.25, 0.3) is 10.9 Å². The number of primary amides is 1. The number of hydrogen-bond acceptors (Lipinski definition) is 7. The second-order valence-electron chi connectivity index (χ2n) is 9.33. The lowest BCUT2D eigenvalue weighted by Gasteiger charge is -2.32. The number of nitrogens with one attached hydrogen (secondary N) is 3. The van der Waals surface area contributed by atoms with Gasteiger partial charge in [-0.05, 0) is 23.6 Å². The standard InChI is InChI=1S/C26H33N9O5/c27-19(13-16-7-2-1-3-8-16)23(37)33-26(34-25(29)30,11-6-12-35(39)40)24(38)32-21(22(28)36)14-17-15-31-20-10-5-4-9-18(17)20/h1-5,7-10,15,19,21,31H,6,11-14,27H2,(H2,28,36)(H,32,38)(H,33,37)(H4,29,30,34)/t19-,21?,26-/m1/s1. The van der Waals surface area contributed by atoms with E-state index in [-0.39, 0.29) is 25.7 Å². The predicted molar refractivity (Wildman–Crippen MR) is 149 cm³/mol. The van der Waals surface area contributed by atoms with Gasteiger partial charge in [0.1, 0.15) is 6.04 Å². The molecular weight excluding hydrogens is 518 g/mol. The monoisotopic (exact) mass is 551 g/mol. The van der Waals surface area contributed by atoms with Crippen LogP contribution < -0.4 is 33.6 Å². The second-order valence-corrected chi connectivity index (χ2v) is 9.33. The molecule has 0 radical (unpaired) electrons. The highest BCUT2D eigenvalue weighted by Gasteiger charge is 2.42. The molecule has 0 spiro atoms. The molecule has 14 nitrogen and oxygen atoms in total. The van der Waals surface area contributed by atoms with E-state index >= 15 is 0 Å². The van der Waals surface area contributed by atoms with Gasteiger partial charge in [0.25, 0.3) is 5.91 Å². The minimum Gasteiger partial charge on any atom is -0.370 e. The highest BCUT2D eigenvalue weighted by molar-refractivity contribution is 5.97. The van der Waals surface area contributed by atoms with Crippen LogP contribution in [-0.4, -0.2) is 57.9 Å². The Kier molecular flexibility index (Phi) is 9.76. The molecule has 0 bridgehead atoms. The van der Waals surface area contributed by atoms with Crippen LogP contribution in [0.5, 0.6) is 0 Å². The van der Waals surface area contributed by atoms with E-state index in [0.717, 1.165) is 16.5 Å². The van der Waals surface area contributed by atoms with Crippen molar-refractivity contribution in [3.05, 3.63) is 82.0 Å². The molecule has 212 valence electrons. The summed E-state index contributed by atoms with van der Waals surface area (Å²) < 4.78 is 0. The molecule has 11 N–H and O–H groups in total. The van der Waals surface area contributed by atoms with Gasteiger partial charge in [0.2, 0.25) is 24.0 Å². The molecule has 14 heteroatoms. The fraction of sp³-hybridized carbons (Fsp3) is 0.308. The van der Waals surface area contributed by atoms with E-state index in [2.05, 4.69) is 20.6 Å². The number of hydrogen-bond donors (Lipinski definition) is 7. The van der Waals surface area contributed by atoms with Gasteiger partial charge < -0.3 is 38.6 Å². The first-order valence-electron chi connectivity index (χ1n) is 12.5. The zero-order valence-electron chi connectivity index (χ0n) is 21.7. The number of carbonyl (C=O) groups is 3. The first-order valence-corrected chi connectivity index (χ1v) is 12.5. The number of carbonyl (C=O) groups excluding carboxylic acids is 3. The van der Waals surface area contributed by atoms with E-state index in [1.165, 1.54) is 0 Å². The number of rotatable bonds is 14. The van der Waals surface area contributed by atoms with Crippen molar-refractivity contribution in [2.75, 3.05) is 6.54 Å². The Morgan fingerprint density at radius 1 is 1.02 bits per heavy atom. The molecular formula is C26H33N9O5. The Morgan fingerprint density at radius 3 is 2.35 bits per heavy atom. The molecule has 0 aliphatic heterocycles. The van der Waals surface area contributed by atoms with Crippen LogP contribution in [0.2, 0.25) is 0 Å². The molecule has 0 aliphatic rings. The third kappa shape index (κ3) is 7.77. The normalized spacial score (nSPS) is 13.9. The zero-order valence-corrected chi connectivity index (χ0v) is 21.7. The number of nitrogens with two attached hydrogens (primary N) is 4. The van der Waals surface area contributed by atoms with Crippen molar-refractivity contribution in [2.45, 2.75) is 43.4 Å². The van der Waals surface area contributed by atoms with Crippen LogP contribution in [0.4, 0.5) is 0 Å². The lowest BCUT2D eigenvalue weighted by Crippen LogP contribution is -2.64. The Morgan fingerprint density at radius 2 is 1.70 bits per heavy atom. The van der Waals surface area contributed by atoms with Gasteiger partial charge in [-0.25, -0.2) is 4.99 Å². The van der Waals surface area contributed by atoms with Gasteiger partial charge in [-0.2, -0.15) is 0 Å². The van der Waals surface area contributed by atoms with Crippen molar-refractivity contribution in [3.8, 4) is 0 Å². The largest absolute Gasteiger partial charge is 0.370 e. The van der Waals surface area contributed by atoms with E-state index in [1.807, 2.05) is 30.3 Å². The van der Waals surface area contributed by atoms with E-state index in [9.17, 15) is 24.5 Å². The Bertz CT molecular complexity index is 1390. The Labute approximate surface area is 229 Å². The molecule has 40 heavy (non-hydrogen) atoms. The first kappa shape index (κ1) is 29.6. The number of H-pyrrole nitrogens is 1. The molecule has 3 atom stereocenters. The Hall–Kier alpha value is -4.98. The summed E-state index contributed by atoms with van der Waals surface area (Å²) in [6.07, 6.45) is 1.29. The van der Waals surface area contributed by atoms with Crippen molar-refractivity contribution in [2.24, 2.45) is 27.9 Å². The number of aliphatic imine (C=N–C) groups is 1. The molecule has 1 heterocycles. The summed E-state index contributed by atoms with van der Waals surface area (Å²) in [7, 11) is 0. The lowest BCUT2D eigenvalue weighted by atomic mass is 9.98. The minimum atomic E-state index is -2.20. The summed E-state index contributed by atoms with van der Waals surface area (Å²) in [4.78, 5) is 56.8. The maximum Gasteiger partial charge on any atom is 0.269 e. The minimum absolute atomic E-state index is 0.0132. The number of nitrogens with zero attached hydrogens (tertiary/aromatic N) is 2. The van der Waals surface area contributed by atoms with Gasteiger partial charge in [0.15, 0.2) is 5.96 Å². The number of benzene rings is 2. The summed E-state index contributed by atoms with van der Waals surface area (Å²) in [5, 5.41) is 16.8. The fourth-order valence-corrected chi connectivity index (χ4v) is 4.33. The SMILES string of the molecule is NC(=O)C(Cc1c[nH]c2ccccc12)NC(=O)[C@@](CCC[N+](=O)[O-])(N=C(N)N)NC(=O)[C@H](N)Cc1ccccc1. The highest BCUT2D eigenvalue weighted by atomic mass is 16.6. The highest BCUT2D eigenvalue weighted by Crippen LogP contribution is 2.21. The average Bonchev–Trinajstić information content (AvgIpc) is 3.30. The van der Waals surface area contributed by atoms with Crippen molar-refractivity contribution < 1.29 is 19.3 Å². The number of para-hydroxylation sites is 1. The molecule has 3 amide bonds. The maximum absolute atomic E-state index is 13.7. The molecule has 1 unspecified atom stereocenters. The van der Waals surface area contributed by atoms with Crippen molar-refractivity contribution in [3.63, 3.8) is 0 Å². The van der Waals surface area contributed by atoms with Gasteiger partial charge in [-0.1, -0.05) is 48.5 Å². The average molecular weight is 552 g/mol. The van der Waals surface area contributed by atoms with E-state index < -0.39 is 52.9 Å². The second kappa shape index (κ2) is 13.2. The molecule has 1 aromatic heterocycles. The molecule has 0 aliphatic carbocycles. The van der Waals surface area contributed by atoms with Gasteiger partial charge in [0, 0.05) is 41.3 Å². The lowest BCUT2D eigenvalue weighted by molar-refractivity contribution is -0.480. The van der Waals surface area contributed by atoms with Crippen molar-refractivity contribution in [1.29, 1.82) is 0 Å². The van der Waals surface area contributed by atoms with Crippen LogP contribution in [0.3, 0.4) is 0 Å². The molecule has 0 saturated heterocycles. The van der Waals surface area contributed by atoms with Crippen LogP contribution in [0, 0.1) is 10.1 Å². The van der Waals surface area contributed by atoms with Crippen LogP contribution in [-0.2, 0) is 27.2 Å². The van der Waals surface area contributed by atoms with E-state index in [4.69, 9.17) is 22.9 Å². The Balaban J connectivity index is 1.90. The summed E-state index contributed by atoms with van der Waals surface area (Å²) in [6.45, 7) is -0.532. The smallest absolute Gasteiger partial charge is 0.269 e. The quantitative estimate of drug-likeness (QED) is 0.0587. The summed E-state index contributed by atoms with van der Waals surface area (Å²) in [5.74, 6) is -3.18. The van der Waals surface area contributed by atoms with Crippen LogP contribution >= 0.6 is 0 Å². The van der Waals surface area contributed by atoms with E-state index in [1.54, 1.807) is 30.5 Å². The van der Waals surface area contributed by atoms with Crippen molar-refractivity contribution in [1.82, 2.24) is 15.6 Å². The van der Waals surface area contributed by atoms with Gasteiger partial charge in [-0.15, -0.1) is 0 Å². The maximum atomic E-state index is 13.7. The molecule has 0 fully saturated rings. The first-order chi connectivity index (χ1) is 19.0. The number of aromatic amines is 1. The third-order valence-corrected chi connectivity index (χ3v) is 6.29. The number of guanidine groups is 1. The molecule has 3 aromatic rings. The number of nitro groups is 1. The predicted octanol–water partition coefficient (Wildman–Crippen LogP) is -0.607. The molecule has 0 saturated carbocycles. The van der Waals surface area contributed by atoms with Crippen LogP contribution in [0.1, 0.15) is 24.0 Å². The topological polar surface area (TPSA) is 251 Å². The summed E-state index contributed by atoms with van der Waals surface area (Å²) in [6, 6.07) is 14.0. The van der Waals surface area contributed by atoms with Gasteiger partial charge in [-0.3, -0.25) is 24.5 Å². The molecule has 2 aromatic carbocycles. The number of amides is 3. The van der Waals surface area contributed by atoms with E-state index in [0.29, 0.717) is 5.56 Å². The zero-order chi connectivity index (χ0) is 29.3. The third-order valence-electron chi connectivity index (χ3n) is 6.29. The number of fused-ring (bicyclic) bond motifs is 1.